The number of amides is 2. The van der Waals surface area contributed by atoms with Gasteiger partial charge in [-0.15, -0.1) is 0 Å². The number of ether oxygens (including phenoxy) is 1. The highest BCUT2D eigenvalue weighted by Crippen LogP contribution is 2.46. The van der Waals surface area contributed by atoms with Crippen LogP contribution in [0.4, 0.5) is 4.79 Å². The van der Waals surface area contributed by atoms with Crippen LogP contribution in [0.25, 0.3) is 11.1 Å². The maximum Gasteiger partial charge on any atom is 0.407 e. The zero-order valence-electron chi connectivity index (χ0n) is 19.3. The molecule has 0 bridgehead atoms. The highest BCUT2D eigenvalue weighted by molar-refractivity contribution is 5.86. The fourth-order valence-electron chi connectivity index (χ4n) is 5.52. The molecular formula is C27H30N2O5. The van der Waals surface area contributed by atoms with Gasteiger partial charge in [-0.2, -0.15) is 0 Å². The maximum atomic E-state index is 13.0. The van der Waals surface area contributed by atoms with E-state index in [2.05, 4.69) is 34.9 Å². The van der Waals surface area contributed by atoms with E-state index in [1.54, 1.807) is 0 Å². The van der Waals surface area contributed by atoms with Crippen LogP contribution in [0.15, 0.2) is 48.5 Å². The summed E-state index contributed by atoms with van der Waals surface area (Å²) < 4.78 is 5.67. The number of fused-ring (bicyclic) bond motifs is 3. The van der Waals surface area contributed by atoms with E-state index >= 15 is 0 Å². The van der Waals surface area contributed by atoms with E-state index in [9.17, 15) is 19.5 Å². The van der Waals surface area contributed by atoms with Crippen molar-refractivity contribution in [3.05, 3.63) is 59.7 Å². The first-order valence-electron chi connectivity index (χ1n) is 12.0. The molecule has 0 saturated heterocycles. The third-order valence-corrected chi connectivity index (χ3v) is 8.01. The van der Waals surface area contributed by atoms with Crippen LogP contribution in [-0.2, 0) is 14.3 Å². The molecule has 178 valence electrons. The van der Waals surface area contributed by atoms with Crippen molar-refractivity contribution in [3.63, 3.8) is 0 Å². The molecule has 3 aliphatic carbocycles. The second-order valence-corrected chi connectivity index (χ2v) is 10.1. The topological polar surface area (TPSA) is 105 Å². The summed E-state index contributed by atoms with van der Waals surface area (Å²) in [7, 11) is 0. The number of hydrogen-bond donors (Lipinski definition) is 3. The summed E-state index contributed by atoms with van der Waals surface area (Å²) in [5.41, 5.74) is 3.02. The molecule has 2 amide bonds. The van der Waals surface area contributed by atoms with Gasteiger partial charge >= 0.3 is 12.1 Å². The second-order valence-electron chi connectivity index (χ2n) is 10.1. The molecule has 7 heteroatoms. The first-order valence-corrected chi connectivity index (χ1v) is 12.0. The maximum absolute atomic E-state index is 13.0. The van der Waals surface area contributed by atoms with Crippen LogP contribution in [0.5, 0.6) is 0 Å². The predicted molar refractivity (Wildman–Crippen MR) is 126 cm³/mol. The lowest BCUT2D eigenvalue weighted by atomic mass is 9.83. The molecule has 2 unspecified atom stereocenters. The molecule has 2 aromatic carbocycles. The zero-order chi connectivity index (χ0) is 23.9. The Morgan fingerprint density at radius 3 is 2.21 bits per heavy atom. The standard InChI is InChI=1S/C27H30N2O5/c1-26(23(30)28-16-27(13-14-27)24(31)32)12-6-11-22(26)29-25(33)34-15-21-19-9-4-2-7-17(19)18-8-3-5-10-20(18)21/h2-5,7-10,21-22H,6,11-16H2,1H3,(H,28,30)(H,29,33)(H,31,32). The summed E-state index contributed by atoms with van der Waals surface area (Å²) in [5, 5.41) is 15.1. The van der Waals surface area contributed by atoms with E-state index in [1.807, 2.05) is 31.2 Å². The fourth-order valence-corrected chi connectivity index (χ4v) is 5.52. The second kappa shape index (κ2) is 8.46. The van der Waals surface area contributed by atoms with Gasteiger partial charge in [0.15, 0.2) is 0 Å². The molecule has 2 aromatic rings. The van der Waals surface area contributed by atoms with Crippen LogP contribution in [0.1, 0.15) is 56.1 Å². The van der Waals surface area contributed by atoms with Gasteiger partial charge in [0.25, 0.3) is 0 Å². The molecular weight excluding hydrogens is 432 g/mol. The molecule has 2 atom stereocenters. The normalized spacial score (nSPS) is 24.1. The van der Waals surface area contributed by atoms with Gasteiger partial charge in [-0.1, -0.05) is 55.0 Å². The van der Waals surface area contributed by atoms with E-state index in [-0.39, 0.29) is 31.0 Å². The number of carbonyl (C=O) groups is 3. The van der Waals surface area contributed by atoms with Crippen LogP contribution >= 0.6 is 0 Å². The monoisotopic (exact) mass is 462 g/mol. The summed E-state index contributed by atoms with van der Waals surface area (Å²) in [6.07, 6.45) is 2.76. The SMILES string of the molecule is CC1(C(=O)NCC2(C(=O)O)CC2)CCCC1NC(=O)OCC1c2ccccc2-c2ccccc21. The van der Waals surface area contributed by atoms with E-state index in [0.717, 1.165) is 17.5 Å². The summed E-state index contributed by atoms with van der Waals surface area (Å²) in [6, 6.07) is 16.0. The van der Waals surface area contributed by atoms with Crippen molar-refractivity contribution in [3.8, 4) is 11.1 Å². The molecule has 0 heterocycles. The lowest BCUT2D eigenvalue weighted by molar-refractivity contribution is -0.143. The van der Waals surface area contributed by atoms with Crippen molar-refractivity contribution in [1.82, 2.24) is 10.6 Å². The van der Waals surface area contributed by atoms with Crippen molar-refractivity contribution in [2.75, 3.05) is 13.2 Å². The van der Waals surface area contributed by atoms with Gasteiger partial charge in [0.05, 0.1) is 10.8 Å². The molecule has 0 spiro atoms. The Morgan fingerprint density at radius 2 is 1.62 bits per heavy atom. The Morgan fingerprint density at radius 1 is 1.00 bits per heavy atom. The van der Waals surface area contributed by atoms with Crippen molar-refractivity contribution in [2.24, 2.45) is 10.8 Å². The zero-order valence-corrected chi connectivity index (χ0v) is 19.3. The number of nitrogens with one attached hydrogen (secondary N) is 2. The number of alkyl carbamates (subject to hydrolysis) is 1. The van der Waals surface area contributed by atoms with Crippen molar-refractivity contribution < 1.29 is 24.2 Å². The lowest BCUT2D eigenvalue weighted by Crippen LogP contribution is -2.52. The third kappa shape index (κ3) is 3.83. The van der Waals surface area contributed by atoms with Gasteiger partial charge in [-0.25, -0.2) is 4.79 Å². The van der Waals surface area contributed by atoms with Crippen molar-refractivity contribution >= 4 is 18.0 Å². The van der Waals surface area contributed by atoms with Gasteiger partial charge in [-0.05, 0) is 54.9 Å². The average molecular weight is 463 g/mol. The summed E-state index contributed by atoms with van der Waals surface area (Å²) in [4.78, 5) is 37.2. The minimum Gasteiger partial charge on any atom is -0.481 e. The van der Waals surface area contributed by atoms with Crippen LogP contribution in [0.2, 0.25) is 0 Å². The lowest BCUT2D eigenvalue weighted by Gasteiger charge is -2.31. The van der Waals surface area contributed by atoms with Gasteiger partial charge in [0, 0.05) is 18.5 Å². The third-order valence-electron chi connectivity index (χ3n) is 8.01. The summed E-state index contributed by atoms with van der Waals surface area (Å²) in [5.74, 6) is -1.10. The van der Waals surface area contributed by atoms with E-state index in [1.165, 1.54) is 11.1 Å². The summed E-state index contributed by atoms with van der Waals surface area (Å²) >= 11 is 0. The first-order chi connectivity index (χ1) is 16.3. The van der Waals surface area contributed by atoms with E-state index in [4.69, 9.17) is 4.74 Å². The van der Waals surface area contributed by atoms with E-state index in [0.29, 0.717) is 25.7 Å². The smallest absolute Gasteiger partial charge is 0.407 e. The molecule has 0 aliphatic heterocycles. The van der Waals surface area contributed by atoms with E-state index < -0.39 is 22.9 Å². The van der Waals surface area contributed by atoms with Crippen molar-refractivity contribution in [2.45, 2.75) is 51.0 Å². The predicted octanol–water partition coefficient (Wildman–Crippen LogP) is 4.06. The molecule has 5 rings (SSSR count). The Kier molecular flexibility index (Phi) is 5.58. The number of aliphatic carboxylic acids is 1. The van der Waals surface area contributed by atoms with Gasteiger partial charge in [0.1, 0.15) is 6.61 Å². The Balaban J connectivity index is 1.21. The van der Waals surface area contributed by atoms with Gasteiger partial charge in [0.2, 0.25) is 5.91 Å². The number of carbonyl (C=O) groups excluding carboxylic acids is 2. The molecule has 0 radical (unpaired) electrons. The minimum absolute atomic E-state index is 0.0258. The van der Waals surface area contributed by atoms with Crippen LogP contribution < -0.4 is 10.6 Å². The minimum atomic E-state index is -0.863. The van der Waals surface area contributed by atoms with Crippen LogP contribution in [-0.4, -0.2) is 42.3 Å². The highest BCUT2D eigenvalue weighted by atomic mass is 16.5. The van der Waals surface area contributed by atoms with Crippen molar-refractivity contribution in [1.29, 1.82) is 0 Å². The van der Waals surface area contributed by atoms with Gasteiger partial charge in [-0.3, -0.25) is 9.59 Å². The fraction of sp³-hybridized carbons (Fsp3) is 0.444. The number of hydrogen-bond acceptors (Lipinski definition) is 4. The average Bonchev–Trinajstić information content (AvgIpc) is 3.46. The molecule has 3 N–H and O–H groups in total. The highest BCUT2D eigenvalue weighted by Gasteiger charge is 2.52. The quantitative estimate of drug-likeness (QED) is 0.576. The Bertz CT molecular complexity index is 1100. The summed E-state index contributed by atoms with van der Waals surface area (Å²) in [6.45, 7) is 2.19. The first kappa shape index (κ1) is 22.4. The number of rotatable bonds is 7. The Hall–Kier alpha value is -3.35. The number of benzene rings is 2. The van der Waals surface area contributed by atoms with Crippen LogP contribution in [0, 0.1) is 10.8 Å². The van der Waals surface area contributed by atoms with Crippen LogP contribution in [0.3, 0.4) is 0 Å². The molecule has 0 aromatic heterocycles. The molecule has 2 fully saturated rings. The molecule has 3 aliphatic rings. The molecule has 2 saturated carbocycles. The van der Waals surface area contributed by atoms with Gasteiger partial charge < -0.3 is 20.5 Å². The Labute approximate surface area is 198 Å². The molecule has 7 nitrogen and oxygen atoms in total. The number of carboxylic acids is 1. The largest absolute Gasteiger partial charge is 0.481 e. The number of carboxylic acid groups (broad SMARTS) is 1. The molecule has 34 heavy (non-hydrogen) atoms.